The van der Waals surface area contributed by atoms with Gasteiger partial charge in [-0.25, -0.2) is 0 Å². The molecule has 0 saturated heterocycles. The molecule has 0 atom stereocenters. The molecule has 0 radical (unpaired) electrons. The maximum absolute atomic E-state index is 12.6. The second-order valence-corrected chi connectivity index (χ2v) is 4.90. The molecule has 3 aromatic rings. The van der Waals surface area contributed by atoms with Gasteiger partial charge in [0.2, 0.25) is 5.69 Å². The van der Waals surface area contributed by atoms with Crippen molar-refractivity contribution in [1.29, 1.82) is 0 Å². The largest absolute Gasteiger partial charge is 0.608 e. The number of nitrogens with zero attached hydrogens (tertiary/aromatic N) is 1. The number of para-hydroxylation sites is 1. The van der Waals surface area contributed by atoms with E-state index < -0.39 is 17.5 Å². The van der Waals surface area contributed by atoms with E-state index in [0.717, 1.165) is 17.7 Å². The number of aromatic nitrogens is 1. The molecule has 0 N–H and O–H groups in total. The molecular formula is C16H11F3NO2+. The molecule has 6 heteroatoms. The molecule has 0 aliphatic rings. The first-order chi connectivity index (χ1) is 10.4. The van der Waals surface area contributed by atoms with Crippen molar-refractivity contribution >= 4 is 11.0 Å². The predicted octanol–water partition coefficient (Wildman–Crippen LogP) is 3.40. The predicted molar refractivity (Wildman–Crippen MR) is 73.8 cm³/mol. The summed E-state index contributed by atoms with van der Waals surface area (Å²) >= 11 is 0. The van der Waals surface area contributed by atoms with E-state index in [1.54, 1.807) is 12.3 Å². The Labute approximate surface area is 123 Å². The summed E-state index contributed by atoms with van der Waals surface area (Å²) in [5, 5.41) is 0.694. The summed E-state index contributed by atoms with van der Waals surface area (Å²) in [5.41, 5.74) is 0.827. The van der Waals surface area contributed by atoms with E-state index in [1.165, 1.54) is 16.7 Å². The summed E-state index contributed by atoms with van der Waals surface area (Å²) in [6.45, 7) is 1.81. The second-order valence-electron chi connectivity index (χ2n) is 4.90. The van der Waals surface area contributed by atoms with Gasteiger partial charge in [0, 0.05) is 12.1 Å². The average Bonchev–Trinajstić information content (AvgIpc) is 2.47. The van der Waals surface area contributed by atoms with Crippen LogP contribution in [0.15, 0.2) is 57.9 Å². The van der Waals surface area contributed by atoms with Gasteiger partial charge in [-0.1, -0.05) is 16.7 Å². The third-order valence-electron chi connectivity index (χ3n) is 3.37. The summed E-state index contributed by atoms with van der Waals surface area (Å²) in [6, 6.07) is 9.74. The number of rotatable bonds is 1. The van der Waals surface area contributed by atoms with Crippen molar-refractivity contribution in [2.45, 2.75) is 13.1 Å². The van der Waals surface area contributed by atoms with Crippen LogP contribution >= 0.6 is 0 Å². The molecule has 1 aromatic heterocycles. The van der Waals surface area contributed by atoms with E-state index in [9.17, 15) is 18.0 Å². The number of aryl methyl sites for hydroxylation is 1. The highest BCUT2D eigenvalue weighted by molar-refractivity contribution is 5.77. The lowest BCUT2D eigenvalue weighted by molar-refractivity contribution is -0.623. The fourth-order valence-corrected chi connectivity index (χ4v) is 2.24. The minimum absolute atomic E-state index is 0.310. The van der Waals surface area contributed by atoms with Crippen LogP contribution in [0.25, 0.3) is 16.7 Å². The summed E-state index contributed by atoms with van der Waals surface area (Å²) in [4.78, 5) is 12.0. The van der Waals surface area contributed by atoms with E-state index in [2.05, 4.69) is 0 Å². The summed E-state index contributed by atoms with van der Waals surface area (Å²) in [6.07, 6.45) is -2.86. The number of hydrogen-bond donors (Lipinski definition) is 0. The van der Waals surface area contributed by atoms with E-state index in [4.69, 9.17) is 4.42 Å². The molecule has 0 saturated carbocycles. The first-order valence-corrected chi connectivity index (χ1v) is 6.49. The lowest BCUT2D eigenvalue weighted by atomic mass is 10.1. The molecule has 0 spiro atoms. The Balaban J connectivity index is 2.14. The van der Waals surface area contributed by atoms with Crippen LogP contribution in [0.1, 0.15) is 11.1 Å². The van der Waals surface area contributed by atoms with Gasteiger partial charge >= 0.3 is 11.9 Å². The lowest BCUT2D eigenvalue weighted by Gasteiger charge is -2.05. The zero-order valence-corrected chi connectivity index (χ0v) is 11.5. The van der Waals surface area contributed by atoms with Crippen molar-refractivity contribution in [3.05, 3.63) is 70.3 Å². The van der Waals surface area contributed by atoms with E-state index in [1.807, 2.05) is 19.1 Å². The molecule has 3 rings (SSSR count). The standard InChI is InChI=1S/C16H11F3NO2/c1-10-3-2-4-11-9-20(15(21)22-14(10)11)13-7-5-12(6-8-13)16(17,18)19/h2-9H,1H3/q+1. The van der Waals surface area contributed by atoms with Crippen molar-refractivity contribution in [3.63, 3.8) is 0 Å². The molecule has 22 heavy (non-hydrogen) atoms. The van der Waals surface area contributed by atoms with Crippen LogP contribution in [0.5, 0.6) is 0 Å². The third-order valence-corrected chi connectivity index (χ3v) is 3.37. The van der Waals surface area contributed by atoms with Crippen molar-refractivity contribution in [1.82, 2.24) is 0 Å². The summed E-state index contributed by atoms with van der Waals surface area (Å²) in [7, 11) is 0. The van der Waals surface area contributed by atoms with E-state index in [-0.39, 0.29) is 0 Å². The maximum atomic E-state index is 12.6. The molecule has 0 fully saturated rings. The zero-order valence-electron chi connectivity index (χ0n) is 11.5. The van der Waals surface area contributed by atoms with Crippen molar-refractivity contribution in [2.75, 3.05) is 0 Å². The van der Waals surface area contributed by atoms with Gasteiger partial charge in [0.05, 0.1) is 10.9 Å². The van der Waals surface area contributed by atoms with E-state index >= 15 is 0 Å². The van der Waals surface area contributed by atoms with Crippen LogP contribution < -0.4 is 10.3 Å². The van der Waals surface area contributed by atoms with Crippen LogP contribution in [0.2, 0.25) is 0 Å². The number of hydrogen-bond acceptors (Lipinski definition) is 2. The normalized spacial score (nSPS) is 11.8. The molecule has 0 unspecified atom stereocenters. The quantitative estimate of drug-likeness (QED) is 0.646. The maximum Gasteiger partial charge on any atom is 0.608 e. The first kappa shape index (κ1) is 14.3. The molecule has 0 bridgehead atoms. The van der Waals surface area contributed by atoms with Crippen LogP contribution in [0.3, 0.4) is 0 Å². The lowest BCUT2D eigenvalue weighted by Crippen LogP contribution is -2.46. The Morgan fingerprint density at radius 3 is 2.36 bits per heavy atom. The summed E-state index contributed by atoms with van der Waals surface area (Å²) < 4.78 is 44.1. The number of alkyl halides is 3. The molecule has 112 valence electrons. The fraction of sp³-hybridized carbons (Fsp3) is 0.125. The van der Waals surface area contributed by atoms with Gasteiger partial charge in [0.25, 0.3) is 0 Å². The van der Waals surface area contributed by atoms with Crippen LogP contribution in [-0.2, 0) is 6.18 Å². The molecule has 2 aromatic carbocycles. The average molecular weight is 306 g/mol. The highest BCUT2D eigenvalue weighted by Crippen LogP contribution is 2.29. The van der Waals surface area contributed by atoms with Crippen LogP contribution in [0, 0.1) is 6.92 Å². The minimum atomic E-state index is -4.41. The number of benzene rings is 2. The number of halogens is 3. The summed E-state index contributed by atoms with van der Waals surface area (Å²) in [5.74, 6) is -0.651. The van der Waals surface area contributed by atoms with Crippen LogP contribution in [0.4, 0.5) is 13.2 Å². The van der Waals surface area contributed by atoms with E-state index in [0.29, 0.717) is 16.7 Å². The fourth-order valence-electron chi connectivity index (χ4n) is 2.24. The van der Waals surface area contributed by atoms with Gasteiger partial charge in [0.15, 0.2) is 11.8 Å². The molecular weight excluding hydrogens is 295 g/mol. The second kappa shape index (κ2) is 4.98. The van der Waals surface area contributed by atoms with Gasteiger partial charge < -0.3 is 4.42 Å². The van der Waals surface area contributed by atoms with Gasteiger partial charge in [-0.05, 0) is 30.7 Å². The topological polar surface area (TPSA) is 34.1 Å². The van der Waals surface area contributed by atoms with Crippen LogP contribution in [-0.4, -0.2) is 0 Å². The Kier molecular flexibility index (Phi) is 3.24. The number of fused-ring (bicyclic) bond motifs is 1. The zero-order chi connectivity index (χ0) is 15.9. The molecule has 0 amide bonds. The SMILES string of the molecule is Cc1cccc2c[n+](-c3ccc(C(F)(F)F)cc3)c(=O)oc12. The smallest absolute Gasteiger partial charge is 0.371 e. The van der Waals surface area contributed by atoms with Crippen molar-refractivity contribution < 1.29 is 22.2 Å². The molecule has 1 heterocycles. The Morgan fingerprint density at radius 2 is 1.73 bits per heavy atom. The first-order valence-electron chi connectivity index (χ1n) is 6.49. The molecule has 0 aliphatic heterocycles. The Bertz CT molecular complexity index is 896. The van der Waals surface area contributed by atoms with Gasteiger partial charge in [-0.3, -0.25) is 0 Å². The monoisotopic (exact) mass is 306 g/mol. The van der Waals surface area contributed by atoms with Crippen molar-refractivity contribution in [3.8, 4) is 5.69 Å². The molecule has 0 aliphatic carbocycles. The van der Waals surface area contributed by atoms with Gasteiger partial charge in [0.1, 0.15) is 0 Å². The Morgan fingerprint density at radius 1 is 1.05 bits per heavy atom. The van der Waals surface area contributed by atoms with Gasteiger partial charge in [-0.15, -0.1) is 0 Å². The third kappa shape index (κ3) is 2.47. The van der Waals surface area contributed by atoms with Gasteiger partial charge in [-0.2, -0.15) is 18.0 Å². The van der Waals surface area contributed by atoms with Crippen molar-refractivity contribution in [2.24, 2.45) is 0 Å². The highest BCUT2D eigenvalue weighted by Gasteiger charge is 2.30. The highest BCUT2D eigenvalue weighted by atomic mass is 19.4. The minimum Gasteiger partial charge on any atom is -0.371 e. The Hall–Kier alpha value is -2.63. The molecule has 3 nitrogen and oxygen atoms in total.